The third kappa shape index (κ3) is 12.9. The lowest BCUT2D eigenvalue weighted by atomic mass is 9.94. The Labute approximate surface area is 370 Å². The molecular formula is C54H56O9. The van der Waals surface area contributed by atoms with E-state index in [2.05, 4.69) is 0 Å². The summed E-state index contributed by atoms with van der Waals surface area (Å²) in [5, 5.41) is 11.9. The maximum atomic E-state index is 11.9. The number of aliphatic hydroxyl groups excluding tert-OH is 1. The minimum absolute atomic E-state index is 0.161. The lowest BCUT2D eigenvalue weighted by Crippen LogP contribution is -2.63. The molecule has 0 unspecified atom stereocenters. The van der Waals surface area contributed by atoms with E-state index in [1.165, 1.54) is 0 Å². The van der Waals surface area contributed by atoms with Gasteiger partial charge in [-0.25, -0.2) is 0 Å². The van der Waals surface area contributed by atoms with E-state index in [0.29, 0.717) is 19.8 Å². The van der Waals surface area contributed by atoms with Crippen LogP contribution in [0.15, 0.2) is 194 Å². The molecule has 6 aromatic rings. The molecule has 9 heteroatoms. The normalized spacial score (nSPS) is 24.6. The zero-order chi connectivity index (χ0) is 42.9. The molecule has 8 rings (SSSR count). The molecule has 1 saturated heterocycles. The van der Waals surface area contributed by atoms with Gasteiger partial charge in [-0.1, -0.05) is 194 Å². The van der Waals surface area contributed by atoms with Crippen molar-refractivity contribution in [2.75, 3.05) is 6.61 Å². The fraction of sp³-hybridized carbons (Fsp3) is 0.296. The van der Waals surface area contributed by atoms with Crippen LogP contribution in [0.5, 0.6) is 0 Å². The Morgan fingerprint density at radius 1 is 0.365 bits per heavy atom. The molecule has 1 aliphatic carbocycles. The molecule has 9 atom stereocenters. The maximum Gasteiger partial charge on any atom is 0.187 e. The number of ether oxygens (including phenoxy) is 8. The van der Waals surface area contributed by atoms with Crippen molar-refractivity contribution in [2.45, 2.75) is 94.8 Å². The molecule has 0 saturated carbocycles. The quantitative estimate of drug-likeness (QED) is 0.0712. The molecule has 1 aliphatic heterocycles. The molecule has 0 bridgehead atoms. The van der Waals surface area contributed by atoms with Gasteiger partial charge in [0.2, 0.25) is 0 Å². The van der Waals surface area contributed by atoms with E-state index in [4.69, 9.17) is 37.9 Å². The van der Waals surface area contributed by atoms with E-state index in [1.807, 2.05) is 188 Å². The summed E-state index contributed by atoms with van der Waals surface area (Å²) in [5.74, 6) is 0. The molecule has 9 nitrogen and oxygen atoms in total. The molecule has 0 aromatic heterocycles. The molecule has 1 fully saturated rings. The van der Waals surface area contributed by atoms with Crippen LogP contribution in [-0.4, -0.2) is 66.8 Å². The minimum atomic E-state index is -1.07. The van der Waals surface area contributed by atoms with Gasteiger partial charge in [-0.15, -0.1) is 0 Å². The van der Waals surface area contributed by atoms with Crippen LogP contribution in [0.25, 0.3) is 0 Å². The highest BCUT2D eigenvalue weighted by Crippen LogP contribution is 2.35. The van der Waals surface area contributed by atoms with Crippen molar-refractivity contribution in [2.24, 2.45) is 0 Å². The summed E-state index contributed by atoms with van der Waals surface area (Å²) < 4.78 is 54.5. The minimum Gasteiger partial charge on any atom is -0.386 e. The van der Waals surface area contributed by atoms with Crippen molar-refractivity contribution in [3.05, 3.63) is 228 Å². The van der Waals surface area contributed by atoms with E-state index in [1.54, 1.807) is 6.08 Å². The Balaban J connectivity index is 1.13. The van der Waals surface area contributed by atoms with Crippen LogP contribution in [0.4, 0.5) is 0 Å². The summed E-state index contributed by atoms with van der Waals surface area (Å²) in [6, 6.07) is 60.0. The van der Waals surface area contributed by atoms with Gasteiger partial charge in [0, 0.05) is 0 Å². The molecule has 2 aliphatic rings. The zero-order valence-electron chi connectivity index (χ0n) is 35.3. The SMILES string of the molecule is O[C@H]1C=C[C@H](OCc2ccccc2)[C@@H](OCc2ccccc2)[C@@H]1O[C@H]1O[C@H](COCc2ccccc2)[C@H](OCc2ccccc2)[C@H](OCc2ccccc2)[C@H]1OCc1ccccc1. The zero-order valence-corrected chi connectivity index (χ0v) is 35.3. The van der Waals surface area contributed by atoms with Gasteiger partial charge < -0.3 is 43.0 Å². The summed E-state index contributed by atoms with van der Waals surface area (Å²) in [4.78, 5) is 0. The molecule has 6 aromatic carbocycles. The van der Waals surface area contributed by atoms with Gasteiger partial charge in [0.1, 0.15) is 48.8 Å². The molecule has 1 heterocycles. The van der Waals surface area contributed by atoms with Crippen molar-refractivity contribution in [1.82, 2.24) is 0 Å². The van der Waals surface area contributed by atoms with E-state index < -0.39 is 55.1 Å². The van der Waals surface area contributed by atoms with Crippen LogP contribution < -0.4 is 0 Å². The van der Waals surface area contributed by atoms with Crippen LogP contribution in [0, 0.1) is 0 Å². The lowest BCUT2D eigenvalue weighted by molar-refractivity contribution is -0.348. The number of aliphatic hydroxyl groups is 1. The highest BCUT2D eigenvalue weighted by atomic mass is 16.7. The average molecular weight is 849 g/mol. The van der Waals surface area contributed by atoms with E-state index >= 15 is 0 Å². The fourth-order valence-corrected chi connectivity index (χ4v) is 7.87. The molecule has 326 valence electrons. The third-order valence-corrected chi connectivity index (χ3v) is 11.2. The summed E-state index contributed by atoms with van der Waals surface area (Å²) in [6.45, 7) is 1.95. The smallest absolute Gasteiger partial charge is 0.187 e. The Kier molecular flexibility index (Phi) is 16.5. The van der Waals surface area contributed by atoms with E-state index in [-0.39, 0.29) is 26.4 Å². The molecule has 0 amide bonds. The van der Waals surface area contributed by atoms with Gasteiger partial charge in [-0.3, -0.25) is 0 Å². The standard InChI is InChI=1S/C54H56O9/c55-46-31-32-47(57-34-41-21-9-2-10-22-41)50(58-35-42-23-11-3-12-24-42)49(46)63-54-53(61-38-45-29-17-6-18-30-45)52(60-37-44-27-15-5-16-28-44)51(59-36-43-25-13-4-14-26-43)48(62-54)39-56-33-40-19-7-1-8-20-40/h1-32,46-55H,33-39H2/t46-,47-,48+,49+,50+,51-,52-,53+,54+/m0/s1. The van der Waals surface area contributed by atoms with E-state index in [0.717, 1.165) is 33.4 Å². The highest BCUT2D eigenvalue weighted by molar-refractivity contribution is 5.19. The van der Waals surface area contributed by atoms with Crippen LogP contribution >= 0.6 is 0 Å². The van der Waals surface area contributed by atoms with Crippen molar-refractivity contribution in [3.8, 4) is 0 Å². The molecule has 1 N–H and O–H groups in total. The monoisotopic (exact) mass is 848 g/mol. The summed E-state index contributed by atoms with van der Waals surface area (Å²) in [5.41, 5.74) is 5.97. The van der Waals surface area contributed by atoms with Crippen LogP contribution in [0.1, 0.15) is 33.4 Å². The Hall–Kier alpha value is -5.30. The van der Waals surface area contributed by atoms with Crippen LogP contribution in [0.3, 0.4) is 0 Å². The van der Waals surface area contributed by atoms with Crippen molar-refractivity contribution >= 4 is 0 Å². The van der Waals surface area contributed by atoms with E-state index in [9.17, 15) is 5.11 Å². The largest absolute Gasteiger partial charge is 0.386 e. The van der Waals surface area contributed by atoms with Gasteiger partial charge in [-0.05, 0) is 33.4 Å². The number of hydrogen-bond acceptors (Lipinski definition) is 9. The first kappa shape index (κ1) is 44.3. The third-order valence-electron chi connectivity index (χ3n) is 11.2. The number of benzene rings is 6. The molecule has 0 spiro atoms. The lowest BCUT2D eigenvalue weighted by Gasteiger charge is -2.48. The van der Waals surface area contributed by atoms with Gasteiger partial charge in [0.05, 0.1) is 46.2 Å². The van der Waals surface area contributed by atoms with Crippen molar-refractivity contribution < 1.29 is 43.0 Å². The van der Waals surface area contributed by atoms with Gasteiger partial charge in [0.25, 0.3) is 0 Å². The van der Waals surface area contributed by atoms with Crippen LogP contribution in [0.2, 0.25) is 0 Å². The van der Waals surface area contributed by atoms with Crippen LogP contribution in [-0.2, 0) is 77.5 Å². The fourth-order valence-electron chi connectivity index (χ4n) is 7.87. The van der Waals surface area contributed by atoms with Gasteiger partial charge >= 0.3 is 0 Å². The topological polar surface area (TPSA) is 94.1 Å². The Morgan fingerprint density at radius 2 is 0.730 bits per heavy atom. The van der Waals surface area contributed by atoms with Gasteiger partial charge in [0.15, 0.2) is 6.29 Å². The van der Waals surface area contributed by atoms with Crippen molar-refractivity contribution in [1.29, 1.82) is 0 Å². The predicted molar refractivity (Wildman–Crippen MR) is 240 cm³/mol. The first-order chi connectivity index (χ1) is 31.2. The predicted octanol–water partition coefficient (Wildman–Crippen LogP) is 9.17. The van der Waals surface area contributed by atoms with Crippen molar-refractivity contribution in [3.63, 3.8) is 0 Å². The maximum absolute atomic E-state index is 11.9. The summed E-state index contributed by atoms with van der Waals surface area (Å²) in [7, 11) is 0. The number of hydrogen-bond donors (Lipinski definition) is 1. The second-order valence-electron chi connectivity index (χ2n) is 15.8. The molecule has 0 radical (unpaired) electrons. The first-order valence-corrected chi connectivity index (χ1v) is 21.7. The highest BCUT2D eigenvalue weighted by Gasteiger charge is 2.51. The summed E-state index contributed by atoms with van der Waals surface area (Å²) in [6.07, 6.45) is -3.70. The Bertz CT molecular complexity index is 2200. The summed E-state index contributed by atoms with van der Waals surface area (Å²) >= 11 is 0. The Morgan fingerprint density at radius 3 is 1.17 bits per heavy atom. The van der Waals surface area contributed by atoms with Gasteiger partial charge in [-0.2, -0.15) is 0 Å². The molecular weight excluding hydrogens is 793 g/mol. The second kappa shape index (κ2) is 23.4. The average Bonchev–Trinajstić information content (AvgIpc) is 3.34. The number of rotatable bonds is 21. The molecule has 63 heavy (non-hydrogen) atoms. The first-order valence-electron chi connectivity index (χ1n) is 21.7. The second-order valence-corrected chi connectivity index (χ2v) is 15.8.